The third-order valence-corrected chi connectivity index (χ3v) is 5.35. The van der Waals surface area contributed by atoms with E-state index in [0.29, 0.717) is 35.7 Å². The number of piperazine rings is 1. The minimum Gasteiger partial charge on any atom is -0.497 e. The minimum atomic E-state index is -0.273. The molecule has 0 saturated carbocycles. The first-order chi connectivity index (χ1) is 15.2. The highest BCUT2D eigenvalue weighted by Crippen LogP contribution is 2.21. The molecule has 7 heteroatoms. The number of methoxy groups -OCH3 is 1. The first-order valence-corrected chi connectivity index (χ1v) is 10.1. The van der Waals surface area contributed by atoms with E-state index in [4.69, 9.17) is 4.74 Å². The summed E-state index contributed by atoms with van der Waals surface area (Å²) in [6.07, 6.45) is 3.54. The zero-order valence-corrected chi connectivity index (χ0v) is 17.3. The Morgan fingerprint density at radius 2 is 1.58 bits per heavy atom. The van der Waals surface area contributed by atoms with Gasteiger partial charge in [-0.3, -0.25) is 14.6 Å². The van der Waals surface area contributed by atoms with E-state index in [2.05, 4.69) is 15.2 Å². The van der Waals surface area contributed by atoms with Gasteiger partial charge in [-0.25, -0.2) is 0 Å². The molecule has 0 radical (unpaired) electrons. The molecule has 0 spiro atoms. The van der Waals surface area contributed by atoms with Gasteiger partial charge in [-0.1, -0.05) is 12.1 Å². The number of nitrogens with one attached hydrogen (secondary N) is 1. The molecule has 4 rings (SSSR count). The molecule has 0 unspecified atom stereocenters. The van der Waals surface area contributed by atoms with Gasteiger partial charge in [-0.05, 0) is 48.5 Å². The van der Waals surface area contributed by atoms with Crippen LogP contribution in [0.15, 0.2) is 73.1 Å². The van der Waals surface area contributed by atoms with Crippen molar-refractivity contribution >= 4 is 23.2 Å². The fourth-order valence-corrected chi connectivity index (χ4v) is 3.61. The van der Waals surface area contributed by atoms with Gasteiger partial charge in [0, 0.05) is 49.8 Å². The number of ether oxygens (including phenoxy) is 1. The molecule has 2 heterocycles. The summed E-state index contributed by atoms with van der Waals surface area (Å²) in [4.78, 5) is 34.0. The average Bonchev–Trinajstić information content (AvgIpc) is 2.84. The number of rotatable bonds is 5. The Labute approximate surface area is 181 Å². The van der Waals surface area contributed by atoms with Crippen LogP contribution < -0.4 is 15.0 Å². The number of hydrogen-bond donors (Lipinski definition) is 1. The molecule has 1 fully saturated rings. The monoisotopic (exact) mass is 416 g/mol. The van der Waals surface area contributed by atoms with Gasteiger partial charge in [0.05, 0.1) is 18.4 Å². The number of hydrogen-bond acceptors (Lipinski definition) is 5. The standard InChI is InChI=1S/C24H24N4O3/c1-31-20-8-6-18(7-9-20)23(29)26-22-5-3-2-4-21(22)24(30)28-16-14-27(15-17-28)19-10-12-25-13-11-19/h2-13H,14-17H2,1H3,(H,26,29). The van der Waals surface area contributed by atoms with Gasteiger partial charge >= 0.3 is 0 Å². The van der Waals surface area contributed by atoms with E-state index in [1.54, 1.807) is 55.9 Å². The molecule has 3 aromatic rings. The third-order valence-electron chi connectivity index (χ3n) is 5.35. The number of pyridine rings is 1. The number of benzene rings is 2. The number of para-hydroxylation sites is 1. The van der Waals surface area contributed by atoms with Gasteiger partial charge in [0.2, 0.25) is 0 Å². The molecule has 1 saturated heterocycles. The zero-order chi connectivity index (χ0) is 21.6. The van der Waals surface area contributed by atoms with Crippen LogP contribution in [0, 0.1) is 0 Å². The van der Waals surface area contributed by atoms with Crippen LogP contribution in [0.2, 0.25) is 0 Å². The lowest BCUT2D eigenvalue weighted by atomic mass is 10.1. The Bertz CT molecular complexity index is 1050. The Balaban J connectivity index is 1.44. The molecule has 0 aliphatic carbocycles. The van der Waals surface area contributed by atoms with Gasteiger partial charge in [0.15, 0.2) is 0 Å². The highest BCUT2D eigenvalue weighted by atomic mass is 16.5. The fourth-order valence-electron chi connectivity index (χ4n) is 3.61. The van der Waals surface area contributed by atoms with Crippen LogP contribution in [0.3, 0.4) is 0 Å². The normalized spacial score (nSPS) is 13.6. The zero-order valence-electron chi connectivity index (χ0n) is 17.3. The van der Waals surface area contributed by atoms with Crippen LogP contribution in [0.25, 0.3) is 0 Å². The summed E-state index contributed by atoms with van der Waals surface area (Å²) in [5, 5.41) is 2.87. The Morgan fingerprint density at radius 1 is 0.903 bits per heavy atom. The van der Waals surface area contributed by atoms with E-state index in [1.165, 1.54) is 0 Å². The molecule has 1 aliphatic heterocycles. The van der Waals surface area contributed by atoms with Crippen molar-refractivity contribution in [3.8, 4) is 5.75 Å². The minimum absolute atomic E-state index is 0.0833. The number of carbonyl (C=O) groups is 2. The molecule has 1 N–H and O–H groups in total. The molecule has 0 atom stereocenters. The molecular weight excluding hydrogens is 392 g/mol. The molecule has 1 aliphatic rings. The van der Waals surface area contributed by atoms with E-state index in [-0.39, 0.29) is 11.8 Å². The number of anilines is 2. The lowest BCUT2D eigenvalue weighted by molar-refractivity contribution is 0.0748. The lowest BCUT2D eigenvalue weighted by Gasteiger charge is -2.36. The highest BCUT2D eigenvalue weighted by Gasteiger charge is 2.24. The smallest absolute Gasteiger partial charge is 0.256 e. The molecule has 158 valence electrons. The van der Waals surface area contributed by atoms with Crippen molar-refractivity contribution in [2.24, 2.45) is 0 Å². The van der Waals surface area contributed by atoms with Gasteiger partial charge in [0.25, 0.3) is 11.8 Å². The topological polar surface area (TPSA) is 74.8 Å². The van der Waals surface area contributed by atoms with E-state index in [9.17, 15) is 9.59 Å². The van der Waals surface area contributed by atoms with E-state index in [1.807, 2.05) is 29.2 Å². The van der Waals surface area contributed by atoms with Crippen molar-refractivity contribution in [2.45, 2.75) is 0 Å². The van der Waals surface area contributed by atoms with Gasteiger partial charge in [-0.15, -0.1) is 0 Å². The van der Waals surface area contributed by atoms with E-state index >= 15 is 0 Å². The van der Waals surface area contributed by atoms with E-state index < -0.39 is 0 Å². The van der Waals surface area contributed by atoms with Gasteiger partial charge < -0.3 is 19.9 Å². The van der Waals surface area contributed by atoms with Crippen LogP contribution in [-0.4, -0.2) is 55.0 Å². The maximum Gasteiger partial charge on any atom is 0.256 e. The maximum atomic E-state index is 13.2. The van der Waals surface area contributed by atoms with Crippen LogP contribution in [0.5, 0.6) is 5.75 Å². The van der Waals surface area contributed by atoms with E-state index in [0.717, 1.165) is 18.8 Å². The SMILES string of the molecule is COc1ccc(C(=O)Nc2ccccc2C(=O)N2CCN(c3ccncc3)CC2)cc1. The van der Waals surface area contributed by atoms with Crippen LogP contribution in [0.4, 0.5) is 11.4 Å². The summed E-state index contributed by atoms with van der Waals surface area (Å²) in [6, 6.07) is 17.9. The summed E-state index contributed by atoms with van der Waals surface area (Å²) in [5.41, 5.74) is 2.59. The average molecular weight is 416 g/mol. The van der Waals surface area contributed by atoms with Crippen molar-refractivity contribution in [1.82, 2.24) is 9.88 Å². The van der Waals surface area contributed by atoms with Gasteiger partial charge in [-0.2, -0.15) is 0 Å². The summed E-state index contributed by atoms with van der Waals surface area (Å²) >= 11 is 0. The summed E-state index contributed by atoms with van der Waals surface area (Å²) in [6.45, 7) is 2.72. The Hall–Kier alpha value is -3.87. The van der Waals surface area contributed by atoms with Gasteiger partial charge in [0.1, 0.15) is 5.75 Å². The van der Waals surface area contributed by atoms with Crippen LogP contribution in [-0.2, 0) is 0 Å². The lowest BCUT2D eigenvalue weighted by Crippen LogP contribution is -2.49. The first-order valence-electron chi connectivity index (χ1n) is 10.1. The number of amides is 2. The van der Waals surface area contributed by atoms with Crippen molar-refractivity contribution in [1.29, 1.82) is 0 Å². The molecule has 1 aromatic heterocycles. The highest BCUT2D eigenvalue weighted by molar-refractivity contribution is 6.09. The van der Waals surface area contributed by atoms with Crippen LogP contribution >= 0.6 is 0 Å². The van der Waals surface area contributed by atoms with Crippen LogP contribution in [0.1, 0.15) is 20.7 Å². The summed E-state index contributed by atoms with van der Waals surface area (Å²) < 4.78 is 5.13. The largest absolute Gasteiger partial charge is 0.497 e. The first kappa shape index (κ1) is 20.4. The second-order valence-corrected chi connectivity index (χ2v) is 7.21. The number of aromatic nitrogens is 1. The quantitative estimate of drug-likeness (QED) is 0.691. The molecule has 31 heavy (non-hydrogen) atoms. The molecule has 2 amide bonds. The third kappa shape index (κ3) is 4.66. The second kappa shape index (κ2) is 9.30. The Kier molecular flexibility index (Phi) is 6.12. The molecular formula is C24H24N4O3. The van der Waals surface area contributed by atoms with Crippen molar-refractivity contribution in [2.75, 3.05) is 43.5 Å². The fraction of sp³-hybridized carbons (Fsp3) is 0.208. The van der Waals surface area contributed by atoms with Crippen molar-refractivity contribution < 1.29 is 14.3 Å². The number of carbonyl (C=O) groups excluding carboxylic acids is 2. The predicted molar refractivity (Wildman–Crippen MR) is 120 cm³/mol. The predicted octanol–water partition coefficient (Wildman–Crippen LogP) is 3.30. The molecule has 2 aromatic carbocycles. The number of nitrogens with zero attached hydrogens (tertiary/aromatic N) is 3. The molecule has 0 bridgehead atoms. The molecule has 7 nitrogen and oxygen atoms in total. The summed E-state index contributed by atoms with van der Waals surface area (Å²) in [5.74, 6) is 0.323. The Morgan fingerprint density at radius 3 is 2.26 bits per heavy atom. The van der Waals surface area contributed by atoms with Crippen molar-refractivity contribution in [3.05, 3.63) is 84.2 Å². The summed E-state index contributed by atoms with van der Waals surface area (Å²) in [7, 11) is 1.58. The second-order valence-electron chi connectivity index (χ2n) is 7.21. The van der Waals surface area contributed by atoms with Crippen molar-refractivity contribution in [3.63, 3.8) is 0 Å². The maximum absolute atomic E-state index is 13.2.